The molecule has 0 aliphatic rings. The summed E-state index contributed by atoms with van der Waals surface area (Å²) in [7, 11) is 0. The van der Waals surface area contributed by atoms with Crippen molar-refractivity contribution in [2.24, 2.45) is 0 Å². The molecule has 0 atom stereocenters. The second kappa shape index (κ2) is 9.77. The second-order valence-electron chi connectivity index (χ2n) is 6.07. The monoisotopic (exact) mass is 394 g/mol. The van der Waals surface area contributed by atoms with Crippen molar-refractivity contribution in [1.82, 2.24) is 5.32 Å². The van der Waals surface area contributed by atoms with E-state index in [0.29, 0.717) is 17.9 Å². The molecule has 0 saturated heterocycles. The lowest BCUT2D eigenvalue weighted by Crippen LogP contribution is -2.34. The van der Waals surface area contributed by atoms with Crippen LogP contribution in [0.1, 0.15) is 18.1 Å². The van der Waals surface area contributed by atoms with Gasteiger partial charge in [-0.1, -0.05) is 24.3 Å². The first kappa shape index (κ1) is 21.3. The van der Waals surface area contributed by atoms with Gasteiger partial charge in [-0.3, -0.25) is 9.59 Å². The van der Waals surface area contributed by atoms with E-state index in [2.05, 4.69) is 5.32 Å². The fourth-order valence-corrected chi connectivity index (χ4v) is 2.41. The van der Waals surface area contributed by atoms with Crippen molar-refractivity contribution < 1.29 is 27.5 Å². The van der Waals surface area contributed by atoms with Gasteiger partial charge >= 0.3 is 6.18 Å². The largest absolute Gasteiger partial charge is 0.494 e. The van der Waals surface area contributed by atoms with Crippen molar-refractivity contribution in [3.8, 4) is 5.75 Å². The lowest BCUT2D eigenvalue weighted by Gasteiger charge is -2.09. The number of halogens is 3. The molecule has 28 heavy (non-hydrogen) atoms. The summed E-state index contributed by atoms with van der Waals surface area (Å²) in [6.45, 7) is 1.10. The van der Waals surface area contributed by atoms with Gasteiger partial charge in [0.05, 0.1) is 19.4 Å². The van der Waals surface area contributed by atoms with Crippen LogP contribution in [0.25, 0.3) is 0 Å². The first-order valence-electron chi connectivity index (χ1n) is 8.69. The van der Waals surface area contributed by atoms with Crippen molar-refractivity contribution in [3.05, 3.63) is 59.7 Å². The van der Waals surface area contributed by atoms with Gasteiger partial charge in [-0.05, 0) is 42.3 Å². The molecule has 2 aromatic rings. The maximum atomic E-state index is 12.1. The van der Waals surface area contributed by atoms with E-state index in [4.69, 9.17) is 4.74 Å². The van der Waals surface area contributed by atoms with Crippen LogP contribution in [-0.2, 0) is 22.4 Å². The summed E-state index contributed by atoms with van der Waals surface area (Å²) in [5.74, 6) is -0.189. The zero-order valence-electron chi connectivity index (χ0n) is 15.3. The van der Waals surface area contributed by atoms with E-state index in [1.807, 2.05) is 24.4 Å². The summed E-state index contributed by atoms with van der Waals surface area (Å²) in [6, 6.07) is 13.6. The average molecular weight is 394 g/mol. The number of ether oxygens (including phenoxy) is 1. The number of carbonyl (C=O) groups excluding carboxylic acids is 2. The summed E-state index contributed by atoms with van der Waals surface area (Å²) in [5.41, 5.74) is 1.92. The SMILES string of the molecule is CCOc1ccc(CC(=O)Nc2ccc(CC(=O)NCC(F)(F)F)cc2)cc1. The zero-order chi connectivity index (χ0) is 20.6. The highest BCUT2D eigenvalue weighted by atomic mass is 19.4. The van der Waals surface area contributed by atoms with Gasteiger partial charge < -0.3 is 15.4 Å². The lowest BCUT2D eigenvalue weighted by molar-refractivity contribution is -0.138. The summed E-state index contributed by atoms with van der Waals surface area (Å²) in [5, 5.41) is 4.55. The van der Waals surface area contributed by atoms with E-state index in [1.165, 1.54) is 0 Å². The molecule has 0 radical (unpaired) electrons. The van der Waals surface area contributed by atoms with Gasteiger partial charge in [-0.25, -0.2) is 0 Å². The standard InChI is InChI=1S/C20H21F3N2O3/c1-2-28-17-9-5-15(6-10-17)12-19(27)25-16-7-3-14(4-8-16)11-18(26)24-13-20(21,22)23/h3-10H,2,11-13H2,1H3,(H,24,26)(H,25,27). The van der Waals surface area contributed by atoms with Gasteiger partial charge in [0.1, 0.15) is 12.3 Å². The molecular weight excluding hydrogens is 373 g/mol. The Bertz CT molecular complexity index is 788. The van der Waals surface area contributed by atoms with Crippen molar-refractivity contribution in [2.45, 2.75) is 25.9 Å². The van der Waals surface area contributed by atoms with Crippen LogP contribution in [0.3, 0.4) is 0 Å². The molecule has 150 valence electrons. The van der Waals surface area contributed by atoms with Crippen molar-refractivity contribution >= 4 is 17.5 Å². The van der Waals surface area contributed by atoms with Crippen LogP contribution < -0.4 is 15.4 Å². The second-order valence-corrected chi connectivity index (χ2v) is 6.07. The maximum absolute atomic E-state index is 12.1. The Morgan fingerprint density at radius 2 is 1.43 bits per heavy atom. The van der Waals surface area contributed by atoms with E-state index >= 15 is 0 Å². The zero-order valence-corrected chi connectivity index (χ0v) is 15.3. The molecule has 8 heteroatoms. The van der Waals surface area contributed by atoms with Crippen molar-refractivity contribution in [2.75, 3.05) is 18.5 Å². The first-order valence-corrected chi connectivity index (χ1v) is 8.69. The normalized spacial score (nSPS) is 11.0. The molecule has 0 aromatic heterocycles. The number of amides is 2. The smallest absolute Gasteiger partial charge is 0.405 e. The highest BCUT2D eigenvalue weighted by Gasteiger charge is 2.27. The number of nitrogens with one attached hydrogen (secondary N) is 2. The van der Waals surface area contributed by atoms with Crippen molar-refractivity contribution in [3.63, 3.8) is 0 Å². The van der Waals surface area contributed by atoms with Gasteiger partial charge in [0.15, 0.2) is 0 Å². The van der Waals surface area contributed by atoms with Crippen LogP contribution in [0, 0.1) is 0 Å². The number of benzene rings is 2. The van der Waals surface area contributed by atoms with Crippen molar-refractivity contribution in [1.29, 1.82) is 0 Å². The molecule has 0 fully saturated rings. The Labute approximate surface area is 160 Å². The molecule has 0 saturated carbocycles. The third-order valence-corrected chi connectivity index (χ3v) is 3.69. The van der Waals surface area contributed by atoms with Crippen LogP contribution in [0.5, 0.6) is 5.75 Å². The van der Waals surface area contributed by atoms with E-state index in [-0.39, 0.29) is 18.7 Å². The highest BCUT2D eigenvalue weighted by Crippen LogP contribution is 2.15. The Morgan fingerprint density at radius 3 is 1.96 bits per heavy atom. The van der Waals surface area contributed by atoms with Gasteiger partial charge in [0, 0.05) is 5.69 Å². The molecule has 0 heterocycles. The molecule has 2 aromatic carbocycles. The van der Waals surface area contributed by atoms with E-state index in [1.54, 1.807) is 36.4 Å². The molecular formula is C20H21F3N2O3. The number of hydrogen-bond acceptors (Lipinski definition) is 3. The summed E-state index contributed by atoms with van der Waals surface area (Å²) in [6.07, 6.45) is -4.42. The van der Waals surface area contributed by atoms with Gasteiger partial charge in [0.2, 0.25) is 11.8 Å². The maximum Gasteiger partial charge on any atom is 0.405 e. The van der Waals surface area contributed by atoms with E-state index in [9.17, 15) is 22.8 Å². The molecule has 0 aliphatic carbocycles. The van der Waals surface area contributed by atoms with E-state index in [0.717, 1.165) is 11.3 Å². The Balaban J connectivity index is 1.82. The van der Waals surface area contributed by atoms with Crippen LogP contribution in [-0.4, -0.2) is 31.1 Å². The van der Waals surface area contributed by atoms with Crippen LogP contribution in [0.15, 0.2) is 48.5 Å². The Morgan fingerprint density at radius 1 is 0.893 bits per heavy atom. The number of alkyl halides is 3. The summed E-state index contributed by atoms with van der Waals surface area (Å²) < 4.78 is 41.6. The molecule has 2 rings (SSSR count). The molecule has 0 unspecified atom stereocenters. The fraction of sp³-hybridized carbons (Fsp3) is 0.300. The minimum absolute atomic E-state index is 0.170. The third-order valence-electron chi connectivity index (χ3n) is 3.69. The Kier molecular flexibility index (Phi) is 7.43. The summed E-state index contributed by atoms with van der Waals surface area (Å²) >= 11 is 0. The van der Waals surface area contributed by atoms with E-state index < -0.39 is 18.6 Å². The molecule has 0 bridgehead atoms. The van der Waals surface area contributed by atoms with Gasteiger partial charge in [-0.2, -0.15) is 13.2 Å². The molecule has 0 aliphatic heterocycles. The number of rotatable bonds is 8. The lowest BCUT2D eigenvalue weighted by atomic mass is 10.1. The Hall–Kier alpha value is -3.03. The summed E-state index contributed by atoms with van der Waals surface area (Å²) in [4.78, 5) is 23.6. The molecule has 0 spiro atoms. The van der Waals surface area contributed by atoms with Gasteiger partial charge in [0.25, 0.3) is 0 Å². The molecule has 5 nitrogen and oxygen atoms in total. The molecule has 2 amide bonds. The first-order chi connectivity index (χ1) is 13.2. The predicted molar refractivity (Wildman–Crippen MR) is 99.2 cm³/mol. The topological polar surface area (TPSA) is 67.4 Å². The number of carbonyl (C=O) groups is 2. The average Bonchev–Trinajstić information content (AvgIpc) is 2.63. The van der Waals surface area contributed by atoms with Gasteiger partial charge in [-0.15, -0.1) is 0 Å². The minimum Gasteiger partial charge on any atom is -0.494 e. The minimum atomic E-state index is -4.44. The predicted octanol–water partition coefficient (Wildman–Crippen LogP) is 3.49. The van der Waals surface area contributed by atoms with Crippen LogP contribution >= 0.6 is 0 Å². The highest BCUT2D eigenvalue weighted by molar-refractivity contribution is 5.92. The fourth-order valence-electron chi connectivity index (χ4n) is 2.41. The third kappa shape index (κ3) is 7.69. The number of anilines is 1. The quantitative estimate of drug-likeness (QED) is 0.720. The number of hydrogen-bond donors (Lipinski definition) is 2. The van der Waals surface area contributed by atoms with Crippen LogP contribution in [0.4, 0.5) is 18.9 Å². The molecule has 2 N–H and O–H groups in total. The van der Waals surface area contributed by atoms with Crippen LogP contribution in [0.2, 0.25) is 0 Å².